The standard InChI is InChI=1S/C26H40N2O2/c29-25(19-27-15-3-1-4-16-27)23-11-7-21(8-12-23)22-9-13-24(14-10-22)26(30)20-28-17-5-2-6-18-28/h1,3-4,15,21-24H,2,5-14,16-20H2. The van der Waals surface area contributed by atoms with Gasteiger partial charge in [-0.3, -0.25) is 14.5 Å². The molecule has 4 heteroatoms. The fourth-order valence-electron chi connectivity index (χ4n) is 6.25. The van der Waals surface area contributed by atoms with Gasteiger partial charge >= 0.3 is 0 Å². The fraction of sp³-hybridized carbons (Fsp3) is 0.769. The molecule has 0 atom stereocenters. The second kappa shape index (κ2) is 10.7. The van der Waals surface area contributed by atoms with E-state index in [1.54, 1.807) is 0 Å². The van der Waals surface area contributed by atoms with Gasteiger partial charge < -0.3 is 4.90 Å². The summed E-state index contributed by atoms with van der Waals surface area (Å²) in [5.74, 6) is 3.09. The third-order valence-electron chi connectivity index (χ3n) is 8.19. The lowest BCUT2D eigenvalue weighted by Gasteiger charge is -2.38. The van der Waals surface area contributed by atoms with Gasteiger partial charge in [-0.05, 0) is 101 Å². The summed E-state index contributed by atoms with van der Waals surface area (Å²) in [6.07, 6.45) is 21.3. The minimum Gasteiger partial charge on any atom is -0.366 e. The molecular weight excluding hydrogens is 372 g/mol. The van der Waals surface area contributed by atoms with E-state index in [2.05, 4.69) is 15.9 Å². The third kappa shape index (κ3) is 5.84. The Balaban J connectivity index is 1.15. The minimum atomic E-state index is 0.267. The van der Waals surface area contributed by atoms with E-state index in [9.17, 15) is 9.59 Å². The number of hydrogen-bond acceptors (Lipinski definition) is 4. The van der Waals surface area contributed by atoms with Gasteiger partial charge in [0, 0.05) is 18.4 Å². The van der Waals surface area contributed by atoms with E-state index < -0.39 is 0 Å². The van der Waals surface area contributed by atoms with Crippen LogP contribution in [0.2, 0.25) is 0 Å². The Morgan fingerprint density at radius 2 is 1.27 bits per heavy atom. The predicted molar refractivity (Wildman–Crippen MR) is 121 cm³/mol. The quantitative estimate of drug-likeness (QED) is 0.612. The van der Waals surface area contributed by atoms with Gasteiger partial charge in [-0.25, -0.2) is 0 Å². The van der Waals surface area contributed by atoms with Crippen LogP contribution in [0.25, 0.3) is 0 Å². The van der Waals surface area contributed by atoms with Crippen molar-refractivity contribution in [3.63, 3.8) is 0 Å². The summed E-state index contributed by atoms with van der Waals surface area (Å²) >= 11 is 0. The van der Waals surface area contributed by atoms with Crippen LogP contribution in [-0.4, -0.2) is 54.1 Å². The Morgan fingerprint density at radius 1 is 0.700 bits per heavy atom. The van der Waals surface area contributed by atoms with Crippen molar-refractivity contribution in [3.8, 4) is 0 Å². The maximum atomic E-state index is 12.7. The average Bonchev–Trinajstić information content (AvgIpc) is 2.80. The number of likely N-dealkylation sites (tertiary alicyclic amines) is 1. The summed E-state index contributed by atoms with van der Waals surface area (Å²) in [6.45, 7) is 4.36. The monoisotopic (exact) mass is 412 g/mol. The van der Waals surface area contributed by atoms with Gasteiger partial charge in [-0.15, -0.1) is 0 Å². The first kappa shape index (κ1) is 21.8. The zero-order valence-corrected chi connectivity index (χ0v) is 18.6. The number of hydrogen-bond donors (Lipinski definition) is 0. The average molecular weight is 413 g/mol. The normalized spacial score (nSPS) is 32.9. The Kier molecular flexibility index (Phi) is 7.81. The van der Waals surface area contributed by atoms with Crippen molar-refractivity contribution in [3.05, 3.63) is 24.4 Å². The highest BCUT2D eigenvalue weighted by Crippen LogP contribution is 2.41. The summed E-state index contributed by atoms with van der Waals surface area (Å²) in [4.78, 5) is 29.9. The molecule has 166 valence electrons. The molecule has 4 rings (SSSR count). The Labute approximate surface area is 182 Å². The number of allylic oxidation sites excluding steroid dienone is 2. The SMILES string of the molecule is O=C(CN1C=CC=CC1)C1CCC(C2CCC(C(=O)CN3CCCCC3)CC2)CC1. The lowest BCUT2D eigenvalue weighted by atomic mass is 9.68. The molecule has 2 heterocycles. The Morgan fingerprint density at radius 3 is 1.80 bits per heavy atom. The first-order valence-electron chi connectivity index (χ1n) is 12.5. The van der Waals surface area contributed by atoms with Crippen molar-refractivity contribution < 1.29 is 9.59 Å². The van der Waals surface area contributed by atoms with Crippen molar-refractivity contribution >= 4 is 11.6 Å². The molecule has 30 heavy (non-hydrogen) atoms. The van der Waals surface area contributed by atoms with Crippen molar-refractivity contribution in [1.82, 2.24) is 9.80 Å². The molecule has 0 aromatic heterocycles. The van der Waals surface area contributed by atoms with Crippen molar-refractivity contribution in [2.45, 2.75) is 70.6 Å². The van der Waals surface area contributed by atoms with E-state index in [0.717, 1.165) is 57.2 Å². The Bertz CT molecular complexity index is 633. The number of ketones is 2. The van der Waals surface area contributed by atoms with Crippen LogP contribution < -0.4 is 0 Å². The zero-order valence-electron chi connectivity index (χ0n) is 18.6. The van der Waals surface area contributed by atoms with Gasteiger partial charge in [0.05, 0.1) is 13.1 Å². The predicted octanol–water partition coefficient (Wildman–Crippen LogP) is 4.61. The molecule has 4 nitrogen and oxygen atoms in total. The van der Waals surface area contributed by atoms with E-state index in [0.29, 0.717) is 30.6 Å². The number of rotatable bonds is 7. The molecule has 0 radical (unpaired) electrons. The fourth-order valence-corrected chi connectivity index (χ4v) is 6.25. The van der Waals surface area contributed by atoms with Crippen molar-refractivity contribution in [1.29, 1.82) is 0 Å². The molecule has 0 spiro atoms. The molecule has 0 bridgehead atoms. The maximum Gasteiger partial charge on any atom is 0.155 e. The Hall–Kier alpha value is -1.42. The number of carbonyl (C=O) groups is 2. The van der Waals surface area contributed by atoms with E-state index in [-0.39, 0.29) is 5.92 Å². The zero-order chi connectivity index (χ0) is 20.8. The number of nitrogens with zero attached hydrogens (tertiary/aromatic N) is 2. The first-order valence-corrected chi connectivity index (χ1v) is 12.5. The van der Waals surface area contributed by atoms with Gasteiger partial charge in [-0.2, -0.15) is 0 Å². The highest BCUT2D eigenvalue weighted by Gasteiger charge is 2.34. The summed E-state index contributed by atoms with van der Waals surface area (Å²) in [5, 5.41) is 0. The molecule has 1 saturated heterocycles. The lowest BCUT2D eigenvalue weighted by molar-refractivity contribution is -0.126. The first-order chi connectivity index (χ1) is 14.7. The van der Waals surface area contributed by atoms with Gasteiger partial charge in [0.2, 0.25) is 0 Å². The lowest BCUT2D eigenvalue weighted by Crippen LogP contribution is -2.38. The highest BCUT2D eigenvalue weighted by molar-refractivity contribution is 5.83. The minimum absolute atomic E-state index is 0.267. The second-order valence-electron chi connectivity index (χ2n) is 10.2. The highest BCUT2D eigenvalue weighted by atomic mass is 16.1. The van der Waals surface area contributed by atoms with Crippen LogP contribution in [0.5, 0.6) is 0 Å². The van der Waals surface area contributed by atoms with E-state index >= 15 is 0 Å². The van der Waals surface area contributed by atoms with Crippen LogP contribution in [0.3, 0.4) is 0 Å². The number of Topliss-reactive ketones (excluding diaryl/α,β-unsaturated/α-hetero) is 2. The molecule has 0 aromatic carbocycles. The van der Waals surface area contributed by atoms with Gasteiger partial charge in [0.1, 0.15) is 5.78 Å². The molecule has 2 aliphatic carbocycles. The van der Waals surface area contributed by atoms with Crippen molar-refractivity contribution in [2.24, 2.45) is 23.7 Å². The molecule has 0 unspecified atom stereocenters. The molecule has 0 amide bonds. The molecule has 2 aliphatic heterocycles. The topological polar surface area (TPSA) is 40.6 Å². The summed E-state index contributed by atoms with van der Waals surface area (Å²) in [7, 11) is 0. The molecule has 0 aromatic rings. The van der Waals surface area contributed by atoms with Crippen LogP contribution in [0.15, 0.2) is 24.4 Å². The van der Waals surface area contributed by atoms with Crippen LogP contribution in [0.1, 0.15) is 70.6 Å². The van der Waals surface area contributed by atoms with Crippen LogP contribution in [0, 0.1) is 23.7 Å². The van der Waals surface area contributed by atoms with Crippen LogP contribution in [-0.2, 0) is 9.59 Å². The molecule has 4 aliphatic rings. The second-order valence-corrected chi connectivity index (χ2v) is 10.2. The summed E-state index contributed by atoms with van der Waals surface area (Å²) in [5.41, 5.74) is 0. The van der Waals surface area contributed by atoms with E-state index in [1.165, 1.54) is 44.9 Å². The third-order valence-corrected chi connectivity index (χ3v) is 8.19. The smallest absolute Gasteiger partial charge is 0.155 e. The van der Waals surface area contributed by atoms with Gasteiger partial charge in [0.25, 0.3) is 0 Å². The van der Waals surface area contributed by atoms with E-state index in [4.69, 9.17) is 0 Å². The molecule has 3 fully saturated rings. The number of carbonyl (C=O) groups excluding carboxylic acids is 2. The van der Waals surface area contributed by atoms with E-state index in [1.807, 2.05) is 18.4 Å². The molecule has 0 N–H and O–H groups in total. The molecular formula is C26H40N2O2. The molecule has 2 saturated carbocycles. The summed E-state index contributed by atoms with van der Waals surface area (Å²) in [6, 6.07) is 0. The number of piperidine rings is 1. The van der Waals surface area contributed by atoms with Crippen LogP contribution in [0.4, 0.5) is 0 Å². The van der Waals surface area contributed by atoms with Crippen LogP contribution >= 0.6 is 0 Å². The van der Waals surface area contributed by atoms with Gasteiger partial charge in [-0.1, -0.05) is 18.6 Å². The summed E-state index contributed by atoms with van der Waals surface area (Å²) < 4.78 is 0. The van der Waals surface area contributed by atoms with Crippen molar-refractivity contribution in [2.75, 3.05) is 32.7 Å². The largest absolute Gasteiger partial charge is 0.366 e. The maximum absolute atomic E-state index is 12.7. The van der Waals surface area contributed by atoms with Gasteiger partial charge in [0.15, 0.2) is 5.78 Å².